The van der Waals surface area contributed by atoms with Crippen LogP contribution in [0.5, 0.6) is 0 Å². The van der Waals surface area contributed by atoms with Crippen LogP contribution in [0, 0.1) is 0 Å². The number of amides is 3. The van der Waals surface area contributed by atoms with Gasteiger partial charge in [0, 0.05) is 24.9 Å². The molecule has 3 amide bonds. The summed E-state index contributed by atoms with van der Waals surface area (Å²) in [4.78, 5) is 58.2. The lowest BCUT2D eigenvalue weighted by Gasteiger charge is -2.23. The minimum atomic E-state index is -1.42. The second-order valence-electron chi connectivity index (χ2n) is 6.75. The number of hydrogen-bond donors (Lipinski definition) is 9. The van der Waals surface area contributed by atoms with Crippen molar-refractivity contribution in [3.05, 3.63) is 18.2 Å². The van der Waals surface area contributed by atoms with E-state index in [0.29, 0.717) is 12.1 Å². The fraction of sp³-hybridized carbons (Fsp3) is 0.529. The Morgan fingerprint density at radius 3 is 2.38 bits per heavy atom. The van der Waals surface area contributed by atoms with Crippen molar-refractivity contribution in [1.29, 1.82) is 0 Å². The summed E-state index contributed by atoms with van der Waals surface area (Å²) in [6, 6.07) is -3.53. The number of carbonyl (C=O) groups is 4. The topological polar surface area (TPSA) is 264 Å². The number of aliphatic imine (C=N–C) groups is 1. The Morgan fingerprint density at radius 1 is 1.12 bits per heavy atom. The molecule has 0 radical (unpaired) electrons. The normalized spacial score (nSPS) is 13.3. The third kappa shape index (κ3) is 9.86. The van der Waals surface area contributed by atoms with Gasteiger partial charge in [0.2, 0.25) is 17.7 Å². The Hall–Kier alpha value is -3.72. The van der Waals surface area contributed by atoms with Gasteiger partial charge >= 0.3 is 5.97 Å². The van der Waals surface area contributed by atoms with Crippen LogP contribution in [0.4, 0.5) is 0 Å². The highest BCUT2D eigenvalue weighted by molar-refractivity contribution is 5.93. The minimum Gasteiger partial charge on any atom is -0.480 e. The highest BCUT2D eigenvalue weighted by atomic mass is 16.4. The highest BCUT2D eigenvalue weighted by Gasteiger charge is 2.28. The molecule has 0 saturated carbocycles. The van der Waals surface area contributed by atoms with Crippen LogP contribution in [0.1, 0.15) is 18.5 Å². The zero-order valence-electron chi connectivity index (χ0n) is 17.3. The second kappa shape index (κ2) is 13.6. The van der Waals surface area contributed by atoms with Gasteiger partial charge in [-0.1, -0.05) is 0 Å². The summed E-state index contributed by atoms with van der Waals surface area (Å²) in [7, 11) is 0. The summed E-state index contributed by atoms with van der Waals surface area (Å²) in [5.74, 6) is -3.73. The summed E-state index contributed by atoms with van der Waals surface area (Å²) < 4.78 is 0. The first-order chi connectivity index (χ1) is 15.1. The number of nitrogens with one attached hydrogen (secondary N) is 4. The lowest BCUT2D eigenvalue weighted by molar-refractivity contribution is -0.139. The van der Waals surface area contributed by atoms with Crippen molar-refractivity contribution in [2.45, 2.75) is 37.4 Å². The summed E-state index contributed by atoms with van der Waals surface area (Å²) >= 11 is 0. The number of H-pyrrole nitrogens is 1. The van der Waals surface area contributed by atoms with Gasteiger partial charge in [-0.3, -0.25) is 24.2 Å². The maximum atomic E-state index is 12.7. The van der Waals surface area contributed by atoms with Gasteiger partial charge in [0.1, 0.15) is 18.6 Å². The number of carboxylic acids is 1. The molecule has 0 aliphatic carbocycles. The molecular formula is C17H29N9O6. The van der Waals surface area contributed by atoms with E-state index in [9.17, 15) is 24.3 Å². The Kier molecular flexibility index (Phi) is 11.1. The number of aliphatic hydroxyl groups excluding tert-OH is 1. The third-order valence-corrected chi connectivity index (χ3v) is 4.14. The molecule has 0 fully saturated rings. The number of imidazole rings is 1. The molecule has 3 atom stereocenters. The fourth-order valence-corrected chi connectivity index (χ4v) is 2.53. The number of hydrogen-bond acceptors (Lipinski definition) is 8. The van der Waals surface area contributed by atoms with Gasteiger partial charge in [0.25, 0.3) is 0 Å². The van der Waals surface area contributed by atoms with Crippen molar-refractivity contribution in [3.8, 4) is 0 Å². The molecule has 0 bridgehead atoms. The molecule has 1 aromatic heterocycles. The minimum absolute atomic E-state index is 0.0972. The smallest absolute Gasteiger partial charge is 0.322 e. The first kappa shape index (κ1) is 26.3. The van der Waals surface area contributed by atoms with E-state index in [4.69, 9.17) is 22.3 Å². The van der Waals surface area contributed by atoms with Crippen molar-refractivity contribution in [2.75, 3.05) is 19.7 Å². The Bertz CT molecular complexity index is 794. The number of nitrogens with zero attached hydrogens (tertiary/aromatic N) is 2. The van der Waals surface area contributed by atoms with Crippen LogP contribution in [0.3, 0.4) is 0 Å². The average Bonchev–Trinajstić information content (AvgIpc) is 3.24. The molecule has 1 aromatic rings. The lowest BCUT2D eigenvalue weighted by Crippen LogP contribution is -2.57. The number of rotatable bonds is 14. The van der Waals surface area contributed by atoms with Gasteiger partial charge in [-0.25, -0.2) is 4.98 Å². The molecular weight excluding hydrogens is 426 g/mol. The van der Waals surface area contributed by atoms with Gasteiger partial charge < -0.3 is 48.3 Å². The zero-order valence-corrected chi connectivity index (χ0v) is 17.3. The Balaban J connectivity index is 2.79. The van der Waals surface area contributed by atoms with Gasteiger partial charge in [-0.2, -0.15) is 0 Å². The highest BCUT2D eigenvalue weighted by Crippen LogP contribution is 2.03. The maximum absolute atomic E-state index is 12.7. The van der Waals surface area contributed by atoms with Crippen LogP contribution in [0.2, 0.25) is 0 Å². The van der Waals surface area contributed by atoms with Crippen molar-refractivity contribution in [1.82, 2.24) is 25.9 Å². The molecule has 1 rings (SSSR count). The van der Waals surface area contributed by atoms with Gasteiger partial charge in [-0.15, -0.1) is 0 Å². The van der Waals surface area contributed by atoms with Gasteiger partial charge in [-0.05, 0) is 12.8 Å². The predicted molar refractivity (Wildman–Crippen MR) is 112 cm³/mol. The molecule has 0 aliphatic heterocycles. The number of aromatic amines is 1. The van der Waals surface area contributed by atoms with E-state index in [2.05, 4.69) is 30.9 Å². The number of guanidine groups is 1. The molecule has 15 nitrogen and oxygen atoms in total. The summed E-state index contributed by atoms with van der Waals surface area (Å²) in [6.07, 6.45) is 3.49. The number of carboxylic acid groups (broad SMARTS) is 1. The average molecular weight is 455 g/mol. The number of aliphatic hydroxyl groups is 1. The van der Waals surface area contributed by atoms with E-state index in [1.807, 2.05) is 0 Å². The lowest BCUT2D eigenvalue weighted by atomic mass is 10.1. The van der Waals surface area contributed by atoms with E-state index < -0.39 is 55.0 Å². The van der Waals surface area contributed by atoms with Gasteiger partial charge in [0.15, 0.2) is 5.96 Å². The molecule has 12 N–H and O–H groups in total. The number of carbonyl (C=O) groups excluding carboxylic acids is 3. The van der Waals surface area contributed by atoms with Crippen LogP contribution in [-0.2, 0) is 25.6 Å². The van der Waals surface area contributed by atoms with Crippen LogP contribution in [0.25, 0.3) is 0 Å². The van der Waals surface area contributed by atoms with E-state index in [1.165, 1.54) is 12.5 Å². The summed E-state index contributed by atoms with van der Waals surface area (Å²) in [6.45, 7) is -1.29. The first-order valence-corrected chi connectivity index (χ1v) is 9.63. The standard InChI is InChI=1S/C17H29N9O6/c18-10(4-9-5-21-8-24-9)14(30)25-11(2-1-3-22-17(19)20)16(32)26-12(7-27)15(31)23-6-13(28)29/h5,8,10-12,27H,1-4,6-7,18H2,(H,21,24)(H,23,31)(H,25,30)(H,26,32)(H,28,29)(H4,19,20,22). The predicted octanol–water partition coefficient (Wildman–Crippen LogP) is -4.50. The second-order valence-corrected chi connectivity index (χ2v) is 6.75. The molecule has 1 heterocycles. The molecule has 0 aromatic carbocycles. The fourth-order valence-electron chi connectivity index (χ4n) is 2.53. The molecule has 3 unspecified atom stereocenters. The molecule has 15 heteroatoms. The Morgan fingerprint density at radius 2 is 1.81 bits per heavy atom. The maximum Gasteiger partial charge on any atom is 0.322 e. The number of aliphatic carboxylic acids is 1. The molecule has 0 saturated heterocycles. The number of nitrogens with two attached hydrogens (primary N) is 3. The van der Waals surface area contributed by atoms with Crippen molar-refractivity contribution in [3.63, 3.8) is 0 Å². The van der Waals surface area contributed by atoms with Crippen molar-refractivity contribution in [2.24, 2.45) is 22.2 Å². The van der Waals surface area contributed by atoms with Crippen LogP contribution < -0.4 is 33.2 Å². The van der Waals surface area contributed by atoms with E-state index >= 15 is 0 Å². The van der Waals surface area contributed by atoms with Crippen LogP contribution >= 0.6 is 0 Å². The quantitative estimate of drug-likeness (QED) is 0.0736. The summed E-state index contributed by atoms with van der Waals surface area (Å²) in [5.41, 5.74) is 17.0. The SMILES string of the molecule is NC(N)=NCCCC(NC(=O)C(N)Cc1cnc[nH]1)C(=O)NC(CO)C(=O)NCC(=O)O. The molecule has 0 spiro atoms. The largest absolute Gasteiger partial charge is 0.480 e. The van der Waals surface area contributed by atoms with E-state index in [1.54, 1.807) is 0 Å². The van der Waals surface area contributed by atoms with E-state index in [0.717, 1.165) is 0 Å². The first-order valence-electron chi connectivity index (χ1n) is 9.63. The third-order valence-electron chi connectivity index (χ3n) is 4.14. The Labute approximate surface area is 183 Å². The number of aromatic nitrogens is 2. The molecule has 0 aliphatic rings. The van der Waals surface area contributed by atoms with Crippen molar-refractivity contribution >= 4 is 29.7 Å². The van der Waals surface area contributed by atoms with Crippen molar-refractivity contribution < 1.29 is 29.4 Å². The van der Waals surface area contributed by atoms with E-state index in [-0.39, 0.29) is 25.3 Å². The van der Waals surface area contributed by atoms with Crippen LogP contribution in [-0.4, -0.2) is 87.7 Å². The zero-order chi connectivity index (χ0) is 24.1. The molecule has 178 valence electrons. The van der Waals surface area contributed by atoms with Gasteiger partial charge in [0.05, 0.1) is 19.0 Å². The monoisotopic (exact) mass is 455 g/mol. The summed E-state index contributed by atoms with van der Waals surface area (Å²) in [5, 5.41) is 24.9. The molecule has 32 heavy (non-hydrogen) atoms. The van der Waals surface area contributed by atoms with Crippen LogP contribution in [0.15, 0.2) is 17.5 Å².